The Bertz CT molecular complexity index is 647. The minimum absolute atomic E-state index is 0.141. The Kier molecular flexibility index (Phi) is 5.21. The Hall–Kier alpha value is -2.14. The molecule has 0 saturated heterocycles. The average Bonchev–Trinajstić information content (AvgIpc) is 3.02. The number of hydrogen-bond acceptors (Lipinski definition) is 3. The lowest BCUT2D eigenvalue weighted by molar-refractivity contribution is 0.0138. The summed E-state index contributed by atoms with van der Waals surface area (Å²) < 4.78 is 1.67. The van der Waals surface area contributed by atoms with Gasteiger partial charge in [-0.3, -0.25) is 4.79 Å². The summed E-state index contributed by atoms with van der Waals surface area (Å²) in [6.45, 7) is 8.24. The molecule has 1 aromatic carbocycles. The standard InChI is InChI=1S/C18H25N3O2/c1-13(2)16(22)18(3,4)12-19-17(23)14-10-20-21(11-14)15-8-6-5-7-9-15/h5-11,13,16,22H,12H2,1-4H3,(H,19,23). The van der Waals surface area contributed by atoms with Gasteiger partial charge < -0.3 is 10.4 Å². The Morgan fingerprint density at radius 3 is 2.57 bits per heavy atom. The largest absolute Gasteiger partial charge is 0.392 e. The lowest BCUT2D eigenvalue weighted by Gasteiger charge is -2.33. The summed E-state index contributed by atoms with van der Waals surface area (Å²) in [6, 6.07) is 9.63. The summed E-state index contributed by atoms with van der Waals surface area (Å²) in [6.07, 6.45) is 2.78. The van der Waals surface area contributed by atoms with Crippen molar-refractivity contribution < 1.29 is 9.90 Å². The molecule has 0 aliphatic carbocycles. The second-order valence-corrected chi connectivity index (χ2v) is 6.87. The molecule has 0 fully saturated rings. The van der Waals surface area contributed by atoms with E-state index in [1.807, 2.05) is 58.0 Å². The quantitative estimate of drug-likeness (QED) is 0.861. The van der Waals surface area contributed by atoms with Crippen LogP contribution in [0.4, 0.5) is 0 Å². The van der Waals surface area contributed by atoms with Gasteiger partial charge in [-0.05, 0) is 18.1 Å². The van der Waals surface area contributed by atoms with Gasteiger partial charge in [0.1, 0.15) is 0 Å². The summed E-state index contributed by atoms with van der Waals surface area (Å²) in [5, 5.41) is 17.3. The van der Waals surface area contributed by atoms with Crippen LogP contribution < -0.4 is 5.32 Å². The van der Waals surface area contributed by atoms with Gasteiger partial charge in [0.2, 0.25) is 0 Å². The first-order valence-corrected chi connectivity index (χ1v) is 7.87. The van der Waals surface area contributed by atoms with Crippen LogP contribution in [0.5, 0.6) is 0 Å². The number of aliphatic hydroxyl groups excluding tert-OH is 1. The first-order chi connectivity index (χ1) is 10.8. The maximum absolute atomic E-state index is 12.3. The van der Waals surface area contributed by atoms with E-state index < -0.39 is 6.10 Å². The highest BCUT2D eigenvalue weighted by Crippen LogP contribution is 2.25. The van der Waals surface area contributed by atoms with E-state index in [0.29, 0.717) is 12.1 Å². The van der Waals surface area contributed by atoms with E-state index in [2.05, 4.69) is 10.4 Å². The molecule has 1 unspecified atom stereocenters. The van der Waals surface area contributed by atoms with Crippen molar-refractivity contribution in [2.24, 2.45) is 11.3 Å². The Labute approximate surface area is 137 Å². The Morgan fingerprint density at radius 2 is 1.96 bits per heavy atom. The minimum Gasteiger partial charge on any atom is -0.392 e. The third-order valence-corrected chi connectivity index (χ3v) is 4.00. The third-order valence-electron chi connectivity index (χ3n) is 4.00. The lowest BCUT2D eigenvalue weighted by atomic mass is 9.80. The van der Waals surface area contributed by atoms with Gasteiger partial charge >= 0.3 is 0 Å². The molecule has 23 heavy (non-hydrogen) atoms. The highest BCUT2D eigenvalue weighted by atomic mass is 16.3. The fourth-order valence-corrected chi connectivity index (χ4v) is 2.58. The molecule has 2 rings (SSSR count). The molecule has 1 atom stereocenters. The monoisotopic (exact) mass is 315 g/mol. The molecule has 1 aromatic heterocycles. The van der Waals surface area contributed by atoms with E-state index in [9.17, 15) is 9.90 Å². The highest BCUT2D eigenvalue weighted by molar-refractivity contribution is 5.93. The molecule has 0 bridgehead atoms. The predicted octanol–water partition coefficient (Wildman–Crippen LogP) is 2.65. The number of hydrogen-bond donors (Lipinski definition) is 2. The molecule has 0 aliphatic heterocycles. The average molecular weight is 315 g/mol. The molecule has 0 radical (unpaired) electrons. The lowest BCUT2D eigenvalue weighted by Crippen LogP contribution is -2.43. The van der Waals surface area contributed by atoms with Gasteiger partial charge in [-0.25, -0.2) is 4.68 Å². The summed E-state index contributed by atoms with van der Waals surface area (Å²) in [7, 11) is 0. The third kappa shape index (κ3) is 4.20. The summed E-state index contributed by atoms with van der Waals surface area (Å²) in [5.41, 5.74) is 1.02. The van der Waals surface area contributed by atoms with Crippen LogP contribution in [0.1, 0.15) is 38.1 Å². The molecular weight excluding hydrogens is 290 g/mol. The van der Waals surface area contributed by atoms with Crippen LogP contribution >= 0.6 is 0 Å². The Morgan fingerprint density at radius 1 is 1.30 bits per heavy atom. The molecule has 5 nitrogen and oxygen atoms in total. The topological polar surface area (TPSA) is 67.2 Å². The zero-order valence-corrected chi connectivity index (χ0v) is 14.2. The zero-order valence-electron chi connectivity index (χ0n) is 14.2. The van der Waals surface area contributed by atoms with Crippen molar-refractivity contribution in [1.29, 1.82) is 0 Å². The van der Waals surface area contributed by atoms with Gasteiger partial charge in [0.15, 0.2) is 0 Å². The van der Waals surface area contributed by atoms with Crippen molar-refractivity contribution in [3.8, 4) is 5.69 Å². The minimum atomic E-state index is -0.477. The molecule has 1 heterocycles. The number of nitrogens with zero attached hydrogens (tertiary/aromatic N) is 2. The second-order valence-electron chi connectivity index (χ2n) is 6.87. The maximum Gasteiger partial charge on any atom is 0.254 e. The van der Waals surface area contributed by atoms with Gasteiger partial charge in [0.25, 0.3) is 5.91 Å². The first-order valence-electron chi connectivity index (χ1n) is 7.87. The summed E-state index contributed by atoms with van der Waals surface area (Å²) >= 11 is 0. The number of carbonyl (C=O) groups is 1. The van der Waals surface area contributed by atoms with Crippen LogP contribution in [0.3, 0.4) is 0 Å². The van der Waals surface area contributed by atoms with E-state index in [1.165, 1.54) is 0 Å². The van der Waals surface area contributed by atoms with E-state index >= 15 is 0 Å². The number of carbonyl (C=O) groups excluding carboxylic acids is 1. The van der Waals surface area contributed by atoms with Crippen LogP contribution in [0.2, 0.25) is 0 Å². The van der Waals surface area contributed by atoms with Gasteiger partial charge in [0, 0.05) is 18.2 Å². The molecule has 0 saturated carbocycles. The van der Waals surface area contributed by atoms with E-state index in [-0.39, 0.29) is 17.2 Å². The summed E-state index contributed by atoms with van der Waals surface area (Å²) in [4.78, 5) is 12.3. The zero-order chi connectivity index (χ0) is 17.0. The fraction of sp³-hybridized carbons (Fsp3) is 0.444. The SMILES string of the molecule is CC(C)C(O)C(C)(C)CNC(=O)c1cnn(-c2ccccc2)c1. The van der Waals surface area contributed by atoms with Crippen LogP contribution in [-0.2, 0) is 0 Å². The van der Waals surface area contributed by atoms with Crippen molar-refractivity contribution >= 4 is 5.91 Å². The Balaban J connectivity index is 2.01. The van der Waals surface area contributed by atoms with Crippen molar-refractivity contribution in [3.05, 3.63) is 48.3 Å². The smallest absolute Gasteiger partial charge is 0.254 e. The van der Waals surface area contributed by atoms with Gasteiger partial charge in [-0.15, -0.1) is 0 Å². The van der Waals surface area contributed by atoms with E-state index in [0.717, 1.165) is 5.69 Å². The normalized spacial score (nSPS) is 13.1. The predicted molar refractivity (Wildman–Crippen MR) is 90.5 cm³/mol. The van der Waals surface area contributed by atoms with E-state index in [4.69, 9.17) is 0 Å². The molecule has 1 amide bonds. The molecule has 124 valence electrons. The summed E-state index contributed by atoms with van der Waals surface area (Å²) in [5.74, 6) is -0.0426. The molecular formula is C18H25N3O2. The number of benzene rings is 1. The van der Waals surface area contributed by atoms with Crippen LogP contribution in [0.25, 0.3) is 5.69 Å². The van der Waals surface area contributed by atoms with Crippen molar-refractivity contribution in [1.82, 2.24) is 15.1 Å². The molecule has 0 aliphatic rings. The molecule has 0 spiro atoms. The number of amides is 1. The van der Waals surface area contributed by atoms with Gasteiger partial charge in [-0.2, -0.15) is 5.10 Å². The van der Waals surface area contributed by atoms with Crippen molar-refractivity contribution in [2.45, 2.75) is 33.8 Å². The number of nitrogens with one attached hydrogen (secondary N) is 1. The highest BCUT2D eigenvalue weighted by Gasteiger charge is 2.30. The van der Waals surface area contributed by atoms with Crippen molar-refractivity contribution in [3.63, 3.8) is 0 Å². The van der Waals surface area contributed by atoms with Crippen LogP contribution in [0, 0.1) is 11.3 Å². The number of aliphatic hydroxyl groups is 1. The second kappa shape index (κ2) is 6.96. The first kappa shape index (κ1) is 17.2. The maximum atomic E-state index is 12.3. The van der Waals surface area contributed by atoms with E-state index in [1.54, 1.807) is 17.1 Å². The van der Waals surface area contributed by atoms with Crippen LogP contribution in [0.15, 0.2) is 42.7 Å². The fourth-order valence-electron chi connectivity index (χ4n) is 2.58. The molecule has 2 aromatic rings. The number of para-hydroxylation sites is 1. The molecule has 2 N–H and O–H groups in total. The number of aromatic nitrogens is 2. The van der Waals surface area contributed by atoms with Crippen molar-refractivity contribution in [2.75, 3.05) is 6.54 Å². The van der Waals surface area contributed by atoms with Crippen LogP contribution in [-0.4, -0.2) is 33.4 Å². The van der Waals surface area contributed by atoms with Gasteiger partial charge in [0.05, 0.1) is 23.6 Å². The number of rotatable bonds is 6. The molecule has 5 heteroatoms. The van der Waals surface area contributed by atoms with Gasteiger partial charge in [-0.1, -0.05) is 45.9 Å².